The average Bonchev–Trinajstić information content (AvgIpc) is 2.79. The van der Waals surface area contributed by atoms with E-state index in [0.717, 1.165) is 5.56 Å². The normalized spacial score (nSPS) is 11.2. The van der Waals surface area contributed by atoms with E-state index in [1.54, 1.807) is 10.7 Å². The quantitative estimate of drug-likeness (QED) is 0.742. The molecule has 0 radical (unpaired) electrons. The van der Waals surface area contributed by atoms with Gasteiger partial charge in [-0.3, -0.25) is 9.48 Å². The van der Waals surface area contributed by atoms with E-state index < -0.39 is 0 Å². The van der Waals surface area contributed by atoms with Crippen LogP contribution >= 0.6 is 11.6 Å². The summed E-state index contributed by atoms with van der Waals surface area (Å²) in [6, 6.07) is 7.34. The highest BCUT2D eigenvalue weighted by Gasteiger charge is 2.14. The van der Waals surface area contributed by atoms with Crippen LogP contribution in [0.4, 0.5) is 0 Å². The molecule has 2 heterocycles. The first-order chi connectivity index (χ1) is 10.1. The highest BCUT2D eigenvalue weighted by atomic mass is 35.5. The molecule has 0 fully saturated rings. The number of rotatable bonds is 3. The molecule has 21 heavy (non-hydrogen) atoms. The van der Waals surface area contributed by atoms with Gasteiger partial charge >= 0.3 is 0 Å². The van der Waals surface area contributed by atoms with Crippen LogP contribution in [0.25, 0.3) is 11.0 Å². The van der Waals surface area contributed by atoms with E-state index in [1.165, 1.54) is 4.68 Å². The zero-order valence-corrected chi connectivity index (χ0v) is 12.5. The van der Waals surface area contributed by atoms with Crippen molar-refractivity contribution in [2.45, 2.75) is 26.9 Å². The molecule has 3 rings (SSSR count). The lowest BCUT2D eigenvalue weighted by molar-refractivity contribution is 0.592. The first-order valence-electron chi connectivity index (χ1n) is 6.65. The van der Waals surface area contributed by atoms with E-state index in [1.807, 2.05) is 32.0 Å². The Hall–Kier alpha value is -2.21. The van der Waals surface area contributed by atoms with Crippen LogP contribution in [0.5, 0.6) is 0 Å². The number of hydrogen-bond acceptors (Lipinski definition) is 4. The van der Waals surface area contributed by atoms with Crippen LogP contribution < -0.4 is 5.56 Å². The number of aromatic nitrogens is 5. The minimum Gasteiger partial charge on any atom is -0.265 e. The second-order valence-electron chi connectivity index (χ2n) is 4.78. The Morgan fingerprint density at radius 3 is 2.81 bits per heavy atom. The van der Waals surface area contributed by atoms with Crippen LogP contribution in [-0.2, 0) is 13.1 Å². The Balaban J connectivity index is 2.12. The molecular formula is C14H14ClN5O. The largest absolute Gasteiger partial charge is 0.296 e. The van der Waals surface area contributed by atoms with Crippen molar-refractivity contribution in [2.75, 3.05) is 0 Å². The number of fused-ring (bicyclic) bond motifs is 1. The minimum atomic E-state index is -0.192. The predicted molar refractivity (Wildman–Crippen MR) is 80.5 cm³/mol. The van der Waals surface area contributed by atoms with Crippen molar-refractivity contribution in [3.05, 3.63) is 50.9 Å². The SMILES string of the molecule is CCn1nc(C)c2nnn(Cc3cccc(Cl)c3)c(=O)c21. The lowest BCUT2D eigenvalue weighted by Crippen LogP contribution is -2.26. The third-order valence-electron chi connectivity index (χ3n) is 3.31. The molecule has 0 spiro atoms. The molecule has 0 atom stereocenters. The molecule has 0 aliphatic rings. The molecule has 1 aromatic carbocycles. The van der Waals surface area contributed by atoms with Gasteiger partial charge in [0.2, 0.25) is 0 Å². The van der Waals surface area contributed by atoms with Gasteiger partial charge in [-0.25, -0.2) is 4.68 Å². The summed E-state index contributed by atoms with van der Waals surface area (Å²) in [6.07, 6.45) is 0. The fraction of sp³-hybridized carbons (Fsp3) is 0.286. The molecule has 0 aliphatic heterocycles. The van der Waals surface area contributed by atoms with Crippen LogP contribution in [0, 0.1) is 6.92 Å². The summed E-state index contributed by atoms with van der Waals surface area (Å²) in [6.45, 7) is 4.70. The summed E-state index contributed by atoms with van der Waals surface area (Å²) in [5, 5.41) is 13.1. The number of nitrogens with zero attached hydrogens (tertiary/aromatic N) is 5. The van der Waals surface area contributed by atoms with Gasteiger partial charge < -0.3 is 0 Å². The van der Waals surface area contributed by atoms with Crippen LogP contribution in [0.3, 0.4) is 0 Å². The highest BCUT2D eigenvalue weighted by Crippen LogP contribution is 2.13. The standard InChI is InChI=1S/C14H14ClN5O/c1-3-19-13-12(9(2)17-19)16-18-20(14(13)21)8-10-5-4-6-11(15)7-10/h4-7H,3,8H2,1-2H3. The van der Waals surface area contributed by atoms with Gasteiger partial charge in [0.25, 0.3) is 5.56 Å². The van der Waals surface area contributed by atoms with Crippen molar-refractivity contribution in [3.8, 4) is 0 Å². The van der Waals surface area contributed by atoms with Gasteiger partial charge in [-0.1, -0.05) is 28.9 Å². The molecule has 0 N–H and O–H groups in total. The van der Waals surface area contributed by atoms with Crippen LogP contribution in [-0.4, -0.2) is 24.8 Å². The molecule has 0 bridgehead atoms. The molecule has 0 saturated carbocycles. The summed E-state index contributed by atoms with van der Waals surface area (Å²) in [5.41, 5.74) is 2.47. The summed E-state index contributed by atoms with van der Waals surface area (Å²) < 4.78 is 3.00. The van der Waals surface area contributed by atoms with Crippen LogP contribution in [0.2, 0.25) is 5.02 Å². The third kappa shape index (κ3) is 2.42. The molecule has 108 valence electrons. The summed E-state index contributed by atoms with van der Waals surface area (Å²) in [5.74, 6) is 0. The number of hydrogen-bond donors (Lipinski definition) is 0. The van der Waals surface area contributed by atoms with E-state index in [4.69, 9.17) is 11.6 Å². The van der Waals surface area contributed by atoms with Crippen molar-refractivity contribution in [2.24, 2.45) is 0 Å². The van der Waals surface area contributed by atoms with Gasteiger partial charge in [0, 0.05) is 11.6 Å². The first kappa shape index (κ1) is 13.8. The van der Waals surface area contributed by atoms with E-state index in [9.17, 15) is 4.79 Å². The highest BCUT2D eigenvalue weighted by molar-refractivity contribution is 6.30. The molecule has 3 aromatic rings. The summed E-state index contributed by atoms with van der Waals surface area (Å²) >= 11 is 5.96. The number of halogens is 1. The van der Waals surface area contributed by atoms with Gasteiger partial charge in [-0.2, -0.15) is 5.10 Å². The van der Waals surface area contributed by atoms with Crippen molar-refractivity contribution in [1.82, 2.24) is 24.8 Å². The van der Waals surface area contributed by atoms with E-state index in [2.05, 4.69) is 15.4 Å². The molecule has 0 amide bonds. The molecule has 0 saturated heterocycles. The molecule has 6 nitrogen and oxygen atoms in total. The minimum absolute atomic E-state index is 0.192. The van der Waals surface area contributed by atoms with Crippen molar-refractivity contribution < 1.29 is 0 Å². The maximum atomic E-state index is 12.6. The summed E-state index contributed by atoms with van der Waals surface area (Å²) in [4.78, 5) is 12.6. The van der Waals surface area contributed by atoms with Gasteiger partial charge in [0.05, 0.1) is 12.2 Å². The van der Waals surface area contributed by atoms with Gasteiger partial charge in [0.15, 0.2) is 5.52 Å². The average molecular weight is 304 g/mol. The first-order valence-corrected chi connectivity index (χ1v) is 7.03. The topological polar surface area (TPSA) is 65.6 Å². The Kier molecular flexibility index (Phi) is 3.47. The predicted octanol–water partition coefficient (Wildman–Crippen LogP) is 2.02. The van der Waals surface area contributed by atoms with Crippen LogP contribution in [0.1, 0.15) is 18.2 Å². The van der Waals surface area contributed by atoms with Gasteiger partial charge in [-0.15, -0.1) is 5.10 Å². The maximum absolute atomic E-state index is 12.6. The zero-order valence-electron chi connectivity index (χ0n) is 11.7. The van der Waals surface area contributed by atoms with E-state index in [0.29, 0.717) is 34.8 Å². The van der Waals surface area contributed by atoms with Crippen molar-refractivity contribution >= 4 is 22.6 Å². The number of aryl methyl sites for hydroxylation is 2. The smallest absolute Gasteiger partial charge is 0.265 e. The number of benzene rings is 1. The Bertz CT molecular complexity index is 867. The molecule has 2 aromatic heterocycles. The monoisotopic (exact) mass is 303 g/mol. The molecule has 0 unspecified atom stereocenters. The molecule has 0 aliphatic carbocycles. The van der Waals surface area contributed by atoms with E-state index in [-0.39, 0.29) is 5.56 Å². The maximum Gasteiger partial charge on any atom is 0.296 e. The lowest BCUT2D eigenvalue weighted by atomic mass is 10.2. The molecule has 7 heteroatoms. The second-order valence-corrected chi connectivity index (χ2v) is 5.22. The Labute approximate surface area is 126 Å². The summed E-state index contributed by atoms with van der Waals surface area (Å²) in [7, 11) is 0. The van der Waals surface area contributed by atoms with Crippen molar-refractivity contribution in [1.29, 1.82) is 0 Å². The molecular weight excluding hydrogens is 290 g/mol. The van der Waals surface area contributed by atoms with Crippen molar-refractivity contribution in [3.63, 3.8) is 0 Å². The second kappa shape index (κ2) is 5.29. The third-order valence-corrected chi connectivity index (χ3v) is 3.54. The fourth-order valence-electron chi connectivity index (χ4n) is 2.31. The Morgan fingerprint density at radius 1 is 1.29 bits per heavy atom. The Morgan fingerprint density at radius 2 is 2.10 bits per heavy atom. The van der Waals surface area contributed by atoms with E-state index >= 15 is 0 Å². The lowest BCUT2D eigenvalue weighted by Gasteiger charge is -2.05. The van der Waals surface area contributed by atoms with Gasteiger partial charge in [-0.05, 0) is 31.5 Å². The fourth-order valence-corrected chi connectivity index (χ4v) is 2.52. The van der Waals surface area contributed by atoms with Crippen LogP contribution in [0.15, 0.2) is 29.1 Å². The van der Waals surface area contributed by atoms with Gasteiger partial charge in [0.1, 0.15) is 5.52 Å². The zero-order chi connectivity index (χ0) is 15.0.